The second-order valence-electron chi connectivity index (χ2n) is 14.5. The Morgan fingerprint density at radius 2 is 1.39 bits per heavy atom. The molecule has 0 spiro atoms. The fourth-order valence-electron chi connectivity index (χ4n) is 7.20. The van der Waals surface area contributed by atoms with Crippen LogP contribution in [-0.4, -0.2) is 19.1 Å². The number of fused-ring (bicyclic) bond motifs is 4. The van der Waals surface area contributed by atoms with Gasteiger partial charge in [-0.3, -0.25) is 4.57 Å². The second kappa shape index (κ2) is 15.6. The number of imidazole rings is 1. The van der Waals surface area contributed by atoms with Crippen molar-refractivity contribution in [2.75, 3.05) is 0 Å². The van der Waals surface area contributed by atoms with Crippen LogP contribution in [0.1, 0.15) is 42.8 Å². The van der Waals surface area contributed by atoms with Crippen LogP contribution in [-0.2, 0) is 27.4 Å². The summed E-state index contributed by atoms with van der Waals surface area (Å²) in [6.45, 7) is 5.58. The van der Waals surface area contributed by atoms with Gasteiger partial charge in [0.05, 0.1) is 31.1 Å². The second-order valence-corrected chi connectivity index (χ2v) is 14.5. The van der Waals surface area contributed by atoms with E-state index < -0.39 is 72.2 Å². The van der Waals surface area contributed by atoms with E-state index in [1.54, 1.807) is 71.4 Å². The molecule has 10 aromatic rings. The van der Waals surface area contributed by atoms with Crippen LogP contribution in [0.4, 0.5) is 0 Å². The summed E-state index contributed by atoms with van der Waals surface area (Å²) in [5, 5.41) is 1.82. The van der Waals surface area contributed by atoms with Gasteiger partial charge in [-0.05, 0) is 69.3 Å². The number of para-hydroxylation sites is 2. The zero-order valence-electron chi connectivity index (χ0n) is 43.9. The SMILES string of the molecule is [2H]c1c([2H])c([2H])c(-c2cccc(-c3c([2H])c([2H])c([2H])c([2H])c3[2H])c2-[n+]2[c-]n(-c3[c-]c(Oc4[c-]c5c(cc4)c4ccccc4n5-c4cc(C([2H])([2H])C(C)(C)C)ccn4)ccc3)c3cccnc32)c([2H])c1[2H].[Pt]. The van der Waals surface area contributed by atoms with Crippen molar-refractivity contribution in [3.63, 3.8) is 0 Å². The summed E-state index contributed by atoms with van der Waals surface area (Å²) in [6, 6.07) is 29.6. The Morgan fingerprint density at radius 3 is 2.14 bits per heavy atom. The molecule has 0 N–H and O–H groups in total. The molecule has 0 atom stereocenters. The zero-order valence-corrected chi connectivity index (χ0v) is 34.1. The predicted molar refractivity (Wildman–Crippen MR) is 232 cm³/mol. The van der Waals surface area contributed by atoms with Crippen molar-refractivity contribution < 1.29 is 46.8 Å². The Bertz CT molecular complexity index is 3670. The minimum Gasteiger partial charge on any atom is -0.510 e. The number of benzene rings is 6. The van der Waals surface area contributed by atoms with Gasteiger partial charge in [0, 0.05) is 47.0 Å². The first-order valence-corrected chi connectivity index (χ1v) is 18.5. The van der Waals surface area contributed by atoms with E-state index in [0.717, 1.165) is 16.3 Å². The van der Waals surface area contributed by atoms with Gasteiger partial charge in [-0.2, -0.15) is 23.2 Å². The number of nitrogens with zero attached hydrogens (tertiary/aromatic N) is 5. The maximum atomic E-state index is 8.98. The van der Waals surface area contributed by atoms with Crippen LogP contribution in [0.25, 0.3) is 72.4 Å². The minimum absolute atomic E-state index is 0. The van der Waals surface area contributed by atoms with E-state index in [-0.39, 0.29) is 54.7 Å². The molecule has 0 saturated heterocycles. The van der Waals surface area contributed by atoms with Crippen molar-refractivity contribution in [3.8, 4) is 50.9 Å². The van der Waals surface area contributed by atoms with Gasteiger partial charge in [-0.1, -0.05) is 135 Å². The first kappa shape index (κ1) is 26.4. The van der Waals surface area contributed by atoms with Gasteiger partial charge in [0.2, 0.25) is 5.65 Å². The van der Waals surface area contributed by atoms with E-state index in [4.69, 9.17) is 31.2 Å². The molecule has 290 valence electrons. The molecule has 0 unspecified atom stereocenters. The Labute approximate surface area is 375 Å². The molecule has 0 saturated carbocycles. The quantitative estimate of drug-likeness (QED) is 0.113. The topological polar surface area (TPSA) is 48.8 Å². The van der Waals surface area contributed by atoms with Crippen LogP contribution in [0, 0.1) is 23.9 Å². The fourth-order valence-corrected chi connectivity index (χ4v) is 7.20. The number of ether oxygens (including phenoxy) is 1. The van der Waals surface area contributed by atoms with Gasteiger partial charge in [0.25, 0.3) is 0 Å². The average molecular weight is 957 g/mol. The molecule has 0 aliphatic carbocycles. The Balaban J connectivity index is 0.00000624. The van der Waals surface area contributed by atoms with Gasteiger partial charge in [-0.15, -0.1) is 29.7 Å². The third kappa shape index (κ3) is 7.26. The van der Waals surface area contributed by atoms with Crippen molar-refractivity contribution in [2.45, 2.75) is 27.1 Å². The number of rotatable bonds is 8. The fraction of sp³-hybridized carbons (Fsp3) is 0.0962. The molecule has 0 amide bonds. The Morgan fingerprint density at radius 1 is 0.695 bits per heavy atom. The summed E-state index contributed by atoms with van der Waals surface area (Å²) in [7, 11) is 0. The molecule has 59 heavy (non-hydrogen) atoms. The first-order valence-electron chi connectivity index (χ1n) is 24.5. The normalized spacial score (nSPS) is 14.7. The van der Waals surface area contributed by atoms with Gasteiger partial charge in [-0.25, -0.2) is 4.98 Å². The summed E-state index contributed by atoms with van der Waals surface area (Å²) in [5.74, 6) is 1.15. The first-order chi connectivity index (χ1) is 33.3. The van der Waals surface area contributed by atoms with Crippen molar-refractivity contribution in [1.82, 2.24) is 19.1 Å². The van der Waals surface area contributed by atoms with Gasteiger partial charge in [0.15, 0.2) is 6.33 Å². The van der Waals surface area contributed by atoms with Gasteiger partial charge in [0.1, 0.15) is 5.82 Å². The van der Waals surface area contributed by atoms with Crippen LogP contribution in [0.2, 0.25) is 0 Å². The van der Waals surface area contributed by atoms with Crippen LogP contribution in [0.15, 0.2) is 170 Å². The summed E-state index contributed by atoms with van der Waals surface area (Å²) in [4.78, 5) is 9.40. The molecule has 7 heteroatoms. The van der Waals surface area contributed by atoms with Crippen LogP contribution in [0.5, 0.6) is 11.5 Å². The predicted octanol–water partition coefficient (Wildman–Crippen LogP) is 11.9. The smallest absolute Gasteiger partial charge is 0.207 e. The average Bonchev–Trinajstić information content (AvgIpc) is 3.90. The van der Waals surface area contributed by atoms with Crippen molar-refractivity contribution in [1.29, 1.82) is 0 Å². The van der Waals surface area contributed by atoms with Crippen molar-refractivity contribution >= 4 is 33.0 Å². The molecule has 6 nitrogen and oxygen atoms in total. The molecule has 0 radical (unpaired) electrons. The van der Waals surface area contributed by atoms with E-state index in [9.17, 15) is 0 Å². The third-order valence-corrected chi connectivity index (χ3v) is 9.48. The molecular formula is C52H39N5OPt-2. The summed E-state index contributed by atoms with van der Waals surface area (Å²) in [6.07, 6.45) is 4.80. The third-order valence-electron chi connectivity index (χ3n) is 9.48. The summed E-state index contributed by atoms with van der Waals surface area (Å²) >= 11 is 0. The van der Waals surface area contributed by atoms with E-state index >= 15 is 0 Å². The maximum absolute atomic E-state index is 8.98. The van der Waals surface area contributed by atoms with Crippen LogP contribution >= 0.6 is 0 Å². The summed E-state index contributed by atoms with van der Waals surface area (Å²) < 4.78 is 116. The molecule has 0 bridgehead atoms. The van der Waals surface area contributed by atoms with Gasteiger partial charge >= 0.3 is 0 Å². The maximum Gasteiger partial charge on any atom is 0.207 e. The van der Waals surface area contributed by atoms with E-state index in [2.05, 4.69) is 18.5 Å². The molecule has 4 aromatic heterocycles. The van der Waals surface area contributed by atoms with Gasteiger partial charge < -0.3 is 13.9 Å². The molecule has 0 fully saturated rings. The summed E-state index contributed by atoms with van der Waals surface area (Å²) in [5.41, 5.74) is 2.35. The number of pyridine rings is 2. The monoisotopic (exact) mass is 956 g/mol. The van der Waals surface area contributed by atoms with Crippen LogP contribution in [0.3, 0.4) is 0 Å². The standard InChI is InChI=1S/C52H39N5O.Pt/c1-52(2,3)34-36-28-30-53-49(31-36)57-46-24-11-10-21-44(46)45-27-26-41(33-48(45)57)58-40-20-12-19-39(32-40)55-35-56(51-47(55)25-14-29-54-51)50-42(37-15-6-4-7-16-37)22-13-23-43(50)38-17-8-5-9-18-38;/h4-31H,34H2,1-3H3;/q-2;/i4D,5D,6D,7D,8D,9D,15D,16D,17D,18D,34D2;. The molecule has 0 aliphatic heterocycles. The number of aromatic nitrogens is 5. The van der Waals surface area contributed by atoms with Crippen molar-refractivity contribution in [3.05, 3.63) is 194 Å². The Hall–Kier alpha value is -6.62. The van der Waals surface area contributed by atoms with E-state index in [0.29, 0.717) is 39.6 Å². The van der Waals surface area contributed by atoms with E-state index in [1.807, 2.05) is 55.7 Å². The molecule has 10 rings (SSSR count). The Kier molecular flexibility index (Phi) is 6.99. The zero-order chi connectivity index (χ0) is 49.7. The molecule has 0 aliphatic rings. The number of hydrogen-bond acceptors (Lipinski definition) is 3. The van der Waals surface area contributed by atoms with Crippen LogP contribution < -0.4 is 9.30 Å². The molecular weight excluding hydrogens is 906 g/mol. The van der Waals surface area contributed by atoms with Crippen molar-refractivity contribution in [2.24, 2.45) is 5.41 Å². The van der Waals surface area contributed by atoms with E-state index in [1.165, 1.54) is 16.8 Å². The number of hydrogen-bond donors (Lipinski definition) is 0. The minimum atomic E-state index is -1.67. The largest absolute Gasteiger partial charge is 0.510 e. The molecule has 4 heterocycles. The molecule has 6 aromatic carbocycles.